The first-order chi connectivity index (χ1) is 20.1. The van der Waals surface area contributed by atoms with Gasteiger partial charge in [0.2, 0.25) is 0 Å². The summed E-state index contributed by atoms with van der Waals surface area (Å²) in [6, 6.07) is 10.5. The van der Waals surface area contributed by atoms with Gasteiger partial charge in [0.05, 0.1) is 10.4 Å². The number of aromatic nitrogens is 1. The number of allylic oxidation sites excluding steroid dienone is 3. The topological polar surface area (TPSA) is 91.4 Å². The lowest BCUT2D eigenvalue weighted by Gasteiger charge is -2.22. The van der Waals surface area contributed by atoms with Gasteiger partial charge in [0.25, 0.3) is 17.7 Å². The van der Waals surface area contributed by atoms with Crippen molar-refractivity contribution in [3.05, 3.63) is 105 Å². The molecule has 7 nitrogen and oxygen atoms in total. The third-order valence-corrected chi connectivity index (χ3v) is 8.39. The number of fused-ring (bicyclic) bond motifs is 1. The Labute approximate surface area is 245 Å². The maximum atomic E-state index is 13.5. The molecule has 11 heteroatoms. The van der Waals surface area contributed by atoms with Gasteiger partial charge in [0.15, 0.2) is 5.69 Å². The zero-order valence-electron chi connectivity index (χ0n) is 22.8. The molecule has 0 spiro atoms. The summed E-state index contributed by atoms with van der Waals surface area (Å²) in [5.41, 5.74) is -0.220. The van der Waals surface area contributed by atoms with Crippen LogP contribution in [0.3, 0.4) is 0 Å². The maximum Gasteiger partial charge on any atom is 0.434 e. The monoisotopic (exact) mass is 594 g/mol. The third kappa shape index (κ3) is 6.96. The Morgan fingerprint density at radius 3 is 2.52 bits per heavy atom. The van der Waals surface area contributed by atoms with E-state index in [1.54, 1.807) is 4.90 Å². The van der Waals surface area contributed by atoms with Gasteiger partial charge in [-0.05, 0) is 67.3 Å². The summed E-state index contributed by atoms with van der Waals surface area (Å²) in [4.78, 5) is 45.5. The molecule has 1 aliphatic heterocycles. The maximum absolute atomic E-state index is 13.5. The van der Waals surface area contributed by atoms with E-state index in [-0.39, 0.29) is 29.5 Å². The summed E-state index contributed by atoms with van der Waals surface area (Å²) in [7, 11) is 0. The highest BCUT2D eigenvalue weighted by Gasteiger charge is 2.37. The average molecular weight is 595 g/mol. The molecule has 1 aromatic carbocycles. The highest BCUT2D eigenvalue weighted by atomic mass is 32.1. The number of benzene rings is 1. The molecular weight excluding hydrogens is 565 g/mol. The van der Waals surface area contributed by atoms with Crippen molar-refractivity contribution < 1.29 is 27.6 Å². The normalized spacial score (nSPS) is 18.8. The van der Waals surface area contributed by atoms with Crippen LogP contribution in [0.4, 0.5) is 18.9 Å². The summed E-state index contributed by atoms with van der Waals surface area (Å²) in [6.07, 6.45) is 6.60. The largest absolute Gasteiger partial charge is 0.434 e. The number of amides is 3. The molecule has 2 aromatic heterocycles. The van der Waals surface area contributed by atoms with Crippen molar-refractivity contribution in [3.63, 3.8) is 0 Å². The first kappa shape index (κ1) is 29.2. The van der Waals surface area contributed by atoms with Crippen LogP contribution in [0.5, 0.6) is 0 Å². The van der Waals surface area contributed by atoms with Crippen molar-refractivity contribution >= 4 is 34.7 Å². The van der Waals surface area contributed by atoms with E-state index in [4.69, 9.17) is 0 Å². The van der Waals surface area contributed by atoms with Gasteiger partial charge in [-0.3, -0.25) is 19.4 Å². The van der Waals surface area contributed by atoms with Crippen LogP contribution < -0.4 is 10.6 Å². The van der Waals surface area contributed by atoms with E-state index >= 15 is 0 Å². The van der Waals surface area contributed by atoms with Crippen molar-refractivity contribution in [2.75, 3.05) is 18.4 Å². The number of carbonyl (C=O) groups excluding carboxylic acids is 3. The van der Waals surface area contributed by atoms with Gasteiger partial charge in [-0.15, -0.1) is 11.3 Å². The standard InChI is InChI=1S/C31H29F3N4O3S/c1-19-6-3-2-4-16-38(17-14-21-18-25(42-26(19)21)29(40)37-23-12-13-23)30(41)20-8-10-22(11-9-20)36-28(39)24-7-5-15-35-27(24)31(32,33)34/h2-11,15,18-19,23H,12-14,16-17H2,1H3,(H,36,39)(H,37,40)/b4-2-,6-3-. The quantitative estimate of drug-likeness (QED) is 0.367. The Hall–Kier alpha value is -4.25. The lowest BCUT2D eigenvalue weighted by molar-refractivity contribution is -0.141. The van der Waals surface area contributed by atoms with Crippen molar-refractivity contribution in [3.8, 4) is 0 Å². The molecule has 42 heavy (non-hydrogen) atoms. The van der Waals surface area contributed by atoms with Crippen LogP contribution in [0, 0.1) is 0 Å². The van der Waals surface area contributed by atoms with Crippen LogP contribution in [0.15, 0.2) is 73.0 Å². The van der Waals surface area contributed by atoms with Crippen molar-refractivity contribution in [2.45, 2.75) is 44.3 Å². The van der Waals surface area contributed by atoms with Gasteiger partial charge in [0.1, 0.15) is 0 Å². The van der Waals surface area contributed by atoms with Crippen LogP contribution >= 0.6 is 11.3 Å². The molecule has 2 N–H and O–H groups in total. The van der Waals surface area contributed by atoms with E-state index in [1.807, 2.05) is 24.3 Å². The number of carbonyl (C=O) groups is 3. The SMILES string of the molecule is CC1/C=C\C=C/CN(C(=O)c2ccc(NC(=O)c3cccnc3C(F)(F)F)cc2)CCc2cc(C(=O)NC3CC3)sc21. The molecule has 1 unspecified atom stereocenters. The molecule has 0 saturated heterocycles. The minimum absolute atomic E-state index is 0.0589. The lowest BCUT2D eigenvalue weighted by atomic mass is 10.0. The smallest absolute Gasteiger partial charge is 0.349 e. The number of hydrogen-bond donors (Lipinski definition) is 2. The predicted octanol–water partition coefficient (Wildman–Crippen LogP) is 6.22. The number of pyridine rings is 1. The minimum Gasteiger partial charge on any atom is -0.349 e. The van der Waals surface area contributed by atoms with Gasteiger partial charge in [-0.2, -0.15) is 13.2 Å². The van der Waals surface area contributed by atoms with E-state index in [0.717, 1.165) is 35.5 Å². The number of nitrogens with one attached hydrogen (secondary N) is 2. The number of rotatable bonds is 5. The number of alkyl halides is 3. The molecule has 3 amide bonds. The zero-order valence-corrected chi connectivity index (χ0v) is 23.6. The minimum atomic E-state index is -4.77. The number of hydrogen-bond acceptors (Lipinski definition) is 5. The molecule has 5 rings (SSSR count). The second kappa shape index (κ2) is 12.3. The summed E-state index contributed by atoms with van der Waals surface area (Å²) >= 11 is 1.49. The highest BCUT2D eigenvalue weighted by molar-refractivity contribution is 7.14. The second-order valence-corrected chi connectivity index (χ2v) is 11.4. The average Bonchev–Trinajstić information content (AvgIpc) is 3.68. The second-order valence-electron chi connectivity index (χ2n) is 10.3. The Balaban J connectivity index is 1.29. The van der Waals surface area contributed by atoms with Gasteiger partial charge < -0.3 is 15.5 Å². The number of halogens is 3. The summed E-state index contributed by atoms with van der Waals surface area (Å²) in [6.45, 7) is 2.87. The summed E-state index contributed by atoms with van der Waals surface area (Å²) < 4.78 is 39.8. The van der Waals surface area contributed by atoms with Gasteiger partial charge in [-0.25, -0.2) is 0 Å². The molecule has 218 valence electrons. The molecule has 0 bridgehead atoms. The molecule has 1 aliphatic carbocycles. The molecule has 0 radical (unpaired) electrons. The van der Waals surface area contributed by atoms with Crippen molar-refractivity contribution in [1.82, 2.24) is 15.2 Å². The van der Waals surface area contributed by atoms with Gasteiger partial charge in [0, 0.05) is 47.4 Å². The van der Waals surface area contributed by atoms with E-state index in [1.165, 1.54) is 41.7 Å². The van der Waals surface area contributed by atoms with Crippen molar-refractivity contribution in [2.24, 2.45) is 0 Å². The number of nitrogens with zero attached hydrogens (tertiary/aromatic N) is 2. The molecular formula is C31H29F3N4O3S. The highest BCUT2D eigenvalue weighted by Crippen LogP contribution is 2.33. The summed E-state index contributed by atoms with van der Waals surface area (Å²) in [5, 5.41) is 5.49. The number of thiophene rings is 1. The van der Waals surface area contributed by atoms with E-state index in [0.29, 0.717) is 30.0 Å². The van der Waals surface area contributed by atoms with E-state index in [9.17, 15) is 27.6 Å². The molecule has 1 saturated carbocycles. The Morgan fingerprint density at radius 1 is 1.05 bits per heavy atom. The molecule has 1 atom stereocenters. The number of anilines is 1. The van der Waals surface area contributed by atoms with E-state index in [2.05, 4.69) is 28.6 Å². The molecule has 3 aromatic rings. The van der Waals surface area contributed by atoms with E-state index < -0.39 is 23.3 Å². The third-order valence-electron chi connectivity index (χ3n) is 7.01. The first-order valence-corrected chi connectivity index (χ1v) is 14.4. The Morgan fingerprint density at radius 2 is 1.81 bits per heavy atom. The van der Waals surface area contributed by atoms with Crippen LogP contribution in [-0.2, 0) is 12.6 Å². The van der Waals surface area contributed by atoms with Crippen molar-refractivity contribution in [1.29, 1.82) is 0 Å². The fourth-order valence-electron chi connectivity index (χ4n) is 4.63. The lowest BCUT2D eigenvalue weighted by Crippen LogP contribution is -2.33. The van der Waals surface area contributed by atoms with Crippen LogP contribution in [0.2, 0.25) is 0 Å². The fourth-order valence-corrected chi connectivity index (χ4v) is 5.77. The van der Waals surface area contributed by atoms with Gasteiger partial charge >= 0.3 is 6.18 Å². The summed E-state index contributed by atoms with van der Waals surface area (Å²) in [5.74, 6) is -1.13. The zero-order chi connectivity index (χ0) is 29.9. The first-order valence-electron chi connectivity index (χ1n) is 13.6. The Kier molecular flexibility index (Phi) is 8.58. The molecule has 3 heterocycles. The van der Waals surface area contributed by atoms with Crippen LogP contribution in [0.1, 0.15) is 72.2 Å². The Bertz CT molecular complexity index is 1540. The molecule has 2 aliphatic rings. The molecule has 1 fully saturated rings. The predicted molar refractivity (Wildman–Crippen MR) is 155 cm³/mol. The van der Waals surface area contributed by atoms with Gasteiger partial charge in [-0.1, -0.05) is 31.2 Å². The fraction of sp³-hybridized carbons (Fsp3) is 0.290. The van der Waals surface area contributed by atoms with Crippen LogP contribution in [0.25, 0.3) is 0 Å². The van der Waals surface area contributed by atoms with Crippen LogP contribution in [-0.4, -0.2) is 46.7 Å².